The van der Waals surface area contributed by atoms with Gasteiger partial charge in [0.2, 0.25) is 0 Å². The average Bonchev–Trinajstić information content (AvgIpc) is 2.77. The van der Waals surface area contributed by atoms with Crippen molar-refractivity contribution in [3.8, 4) is 0 Å². The first-order valence-corrected chi connectivity index (χ1v) is 10.5. The Hall–Kier alpha value is -3.59. The Morgan fingerprint density at radius 2 is 1.19 bits per heavy atom. The van der Waals surface area contributed by atoms with E-state index in [0.717, 1.165) is 22.4 Å². The molecule has 3 heteroatoms. The van der Waals surface area contributed by atoms with E-state index in [1.807, 2.05) is 51.4 Å². The topological polar surface area (TPSA) is 38.7 Å². The predicted octanol–water partition coefficient (Wildman–Crippen LogP) is 7.09. The maximum atomic E-state index is 4.42. The van der Waals surface area contributed by atoms with Gasteiger partial charge in [-0.25, -0.2) is 0 Å². The highest BCUT2D eigenvalue weighted by molar-refractivity contribution is 5.79. The fourth-order valence-electron chi connectivity index (χ4n) is 3.07. The number of aryl methyl sites for hydroxylation is 5. The van der Waals surface area contributed by atoms with E-state index in [-0.39, 0.29) is 0 Å². The monoisotopic (exact) mass is 407 g/mol. The van der Waals surface area contributed by atoms with Crippen molar-refractivity contribution in [2.75, 3.05) is 0 Å². The van der Waals surface area contributed by atoms with E-state index in [1.54, 1.807) is 0 Å². The third kappa shape index (κ3) is 6.71. The van der Waals surface area contributed by atoms with E-state index in [1.165, 1.54) is 27.5 Å². The van der Waals surface area contributed by atoms with Crippen LogP contribution >= 0.6 is 0 Å². The highest BCUT2D eigenvalue weighted by Gasteiger charge is 1.94. The van der Waals surface area contributed by atoms with Crippen LogP contribution in [-0.2, 0) is 0 Å². The molecular formula is C28H29N3. The lowest BCUT2D eigenvalue weighted by molar-refractivity contribution is 1.17. The molecule has 0 fully saturated rings. The highest BCUT2D eigenvalue weighted by atomic mass is 14.7. The van der Waals surface area contributed by atoms with Gasteiger partial charge in [0.25, 0.3) is 0 Å². The molecule has 0 aliphatic rings. The number of nitrogens with zero attached hydrogens (tertiary/aromatic N) is 3. The predicted molar refractivity (Wildman–Crippen MR) is 131 cm³/mol. The van der Waals surface area contributed by atoms with Gasteiger partial charge >= 0.3 is 0 Å². The van der Waals surface area contributed by atoms with E-state index >= 15 is 0 Å². The van der Waals surface area contributed by atoms with Gasteiger partial charge in [0.05, 0.1) is 11.0 Å². The zero-order valence-electron chi connectivity index (χ0n) is 18.9. The molecule has 5 rings (SSSR count). The smallest absolute Gasteiger partial charge is 0.0705 e. The first-order valence-electron chi connectivity index (χ1n) is 10.5. The van der Waals surface area contributed by atoms with Crippen molar-refractivity contribution >= 4 is 21.8 Å². The van der Waals surface area contributed by atoms with E-state index in [9.17, 15) is 0 Å². The van der Waals surface area contributed by atoms with Gasteiger partial charge in [0, 0.05) is 34.6 Å². The summed E-state index contributed by atoms with van der Waals surface area (Å²) >= 11 is 0. The molecule has 0 aliphatic carbocycles. The Balaban J connectivity index is 0.000000135. The molecule has 0 atom stereocenters. The molecule has 0 unspecified atom stereocenters. The summed E-state index contributed by atoms with van der Waals surface area (Å²) in [5, 5.41) is 2.43. The molecule has 3 nitrogen and oxygen atoms in total. The minimum Gasteiger partial charge on any atom is -0.261 e. The second-order valence-electron chi connectivity index (χ2n) is 7.83. The summed E-state index contributed by atoms with van der Waals surface area (Å²) in [4.78, 5) is 12.7. The molecule has 0 N–H and O–H groups in total. The number of aromatic nitrogens is 3. The first-order chi connectivity index (χ1) is 14.9. The SMILES string of the molecule is Cc1ccc(C)nc1.Cc1ccc2cccnc2c1.Cc1ccc2nc(C)ccc2c1. The van der Waals surface area contributed by atoms with Crippen LogP contribution in [0.3, 0.4) is 0 Å². The minimum absolute atomic E-state index is 1.08. The van der Waals surface area contributed by atoms with E-state index in [4.69, 9.17) is 0 Å². The van der Waals surface area contributed by atoms with Gasteiger partial charge in [0.1, 0.15) is 0 Å². The number of pyridine rings is 3. The zero-order chi connectivity index (χ0) is 22.2. The van der Waals surface area contributed by atoms with Crippen molar-refractivity contribution < 1.29 is 0 Å². The van der Waals surface area contributed by atoms with Crippen molar-refractivity contribution in [1.29, 1.82) is 0 Å². The molecule has 3 heterocycles. The van der Waals surface area contributed by atoms with E-state index < -0.39 is 0 Å². The van der Waals surface area contributed by atoms with Gasteiger partial charge in [-0.1, -0.05) is 42.0 Å². The maximum absolute atomic E-state index is 4.42. The molecule has 3 aromatic heterocycles. The van der Waals surface area contributed by atoms with Crippen molar-refractivity contribution in [2.24, 2.45) is 0 Å². The van der Waals surface area contributed by atoms with Crippen LogP contribution in [0.5, 0.6) is 0 Å². The van der Waals surface area contributed by atoms with Gasteiger partial charge < -0.3 is 0 Å². The summed E-state index contributed by atoms with van der Waals surface area (Å²) in [6.07, 6.45) is 3.69. The van der Waals surface area contributed by atoms with E-state index in [0.29, 0.717) is 0 Å². The molecule has 0 saturated carbocycles. The van der Waals surface area contributed by atoms with Crippen LogP contribution in [0.4, 0.5) is 0 Å². The van der Waals surface area contributed by atoms with Crippen LogP contribution in [0.1, 0.15) is 28.1 Å². The highest BCUT2D eigenvalue weighted by Crippen LogP contribution is 2.14. The lowest BCUT2D eigenvalue weighted by atomic mass is 10.1. The third-order valence-electron chi connectivity index (χ3n) is 4.80. The molecule has 0 aliphatic heterocycles. The third-order valence-corrected chi connectivity index (χ3v) is 4.80. The summed E-state index contributed by atoms with van der Waals surface area (Å²) in [7, 11) is 0. The Labute approximate surface area is 184 Å². The molecule has 0 saturated heterocycles. The van der Waals surface area contributed by atoms with Gasteiger partial charge in [-0.3, -0.25) is 15.0 Å². The molecule has 156 valence electrons. The number of benzene rings is 2. The number of hydrogen-bond acceptors (Lipinski definition) is 3. The fourth-order valence-corrected chi connectivity index (χ4v) is 3.07. The maximum Gasteiger partial charge on any atom is 0.0705 e. The van der Waals surface area contributed by atoms with Gasteiger partial charge in [-0.15, -0.1) is 0 Å². The van der Waals surface area contributed by atoms with Crippen molar-refractivity contribution in [2.45, 2.75) is 34.6 Å². The average molecular weight is 408 g/mol. The van der Waals surface area contributed by atoms with Crippen LogP contribution in [0.25, 0.3) is 21.8 Å². The quantitative estimate of drug-likeness (QED) is 0.275. The number of rotatable bonds is 0. The summed E-state index contributed by atoms with van der Waals surface area (Å²) in [6, 6.07) is 24.9. The second-order valence-corrected chi connectivity index (χ2v) is 7.83. The zero-order valence-corrected chi connectivity index (χ0v) is 18.9. The molecule has 0 amide bonds. The Kier molecular flexibility index (Phi) is 7.45. The van der Waals surface area contributed by atoms with Crippen molar-refractivity contribution in [3.63, 3.8) is 0 Å². The number of fused-ring (bicyclic) bond motifs is 2. The van der Waals surface area contributed by atoms with Crippen molar-refractivity contribution in [1.82, 2.24) is 15.0 Å². The summed E-state index contributed by atoms with van der Waals surface area (Å²) in [6.45, 7) is 10.2. The first kappa shape index (κ1) is 22.1. The lowest BCUT2D eigenvalue weighted by Crippen LogP contribution is -1.82. The summed E-state index contributed by atoms with van der Waals surface area (Å²) < 4.78 is 0. The van der Waals surface area contributed by atoms with Crippen LogP contribution in [0, 0.1) is 34.6 Å². The van der Waals surface area contributed by atoms with Gasteiger partial charge in [0.15, 0.2) is 0 Å². The van der Waals surface area contributed by atoms with Crippen LogP contribution in [0.15, 0.2) is 85.2 Å². The molecule has 2 aromatic carbocycles. The van der Waals surface area contributed by atoms with Crippen LogP contribution in [-0.4, -0.2) is 15.0 Å². The summed E-state index contributed by atoms with van der Waals surface area (Å²) in [5.74, 6) is 0. The lowest BCUT2D eigenvalue weighted by Gasteiger charge is -1.99. The van der Waals surface area contributed by atoms with Crippen molar-refractivity contribution in [3.05, 3.63) is 113 Å². The van der Waals surface area contributed by atoms with Crippen LogP contribution < -0.4 is 0 Å². The Morgan fingerprint density at radius 1 is 0.516 bits per heavy atom. The molecule has 0 radical (unpaired) electrons. The molecule has 5 aromatic rings. The molecular weight excluding hydrogens is 378 g/mol. The Morgan fingerprint density at radius 3 is 1.94 bits per heavy atom. The number of hydrogen-bond donors (Lipinski definition) is 0. The summed E-state index contributed by atoms with van der Waals surface area (Å²) in [5.41, 5.74) is 8.08. The Bertz CT molecular complexity index is 1210. The molecule has 31 heavy (non-hydrogen) atoms. The second kappa shape index (κ2) is 10.4. The van der Waals surface area contributed by atoms with E-state index in [2.05, 4.69) is 83.4 Å². The fraction of sp³-hybridized carbons (Fsp3) is 0.179. The van der Waals surface area contributed by atoms with Gasteiger partial charge in [-0.2, -0.15) is 0 Å². The van der Waals surface area contributed by atoms with Crippen LogP contribution in [0.2, 0.25) is 0 Å². The standard InChI is InChI=1S/C11H11N.C10H9N.C7H9N/c1-8-3-6-11-10(7-8)5-4-9(2)12-11;1-8-4-5-9-3-2-6-11-10(9)7-8;1-6-3-4-7(2)8-5-6/h3-7H,1-2H3;2-7H,1H3;3-5H,1-2H3. The molecule has 0 bridgehead atoms. The molecule has 0 spiro atoms. The largest absolute Gasteiger partial charge is 0.261 e. The van der Waals surface area contributed by atoms with Gasteiger partial charge in [-0.05, 0) is 82.1 Å². The minimum atomic E-state index is 1.08. The normalized spacial score (nSPS) is 10.1.